The molecule has 0 bridgehead atoms. The number of carbonyl (C=O) groups is 1. The molecule has 0 unspecified atom stereocenters. The Morgan fingerprint density at radius 1 is 1.05 bits per heavy atom. The lowest BCUT2D eigenvalue weighted by Crippen LogP contribution is -1.95. The zero-order chi connectivity index (χ0) is 15.1. The monoisotopic (exact) mass is 284 g/mol. The number of ether oxygens (including phenoxy) is 2. The molecule has 2 aromatic carbocycles. The number of hydrogen-bond acceptors (Lipinski definition) is 3. The van der Waals surface area contributed by atoms with Crippen LogP contribution in [0, 0.1) is 0 Å². The minimum Gasteiger partial charge on any atom is -0.497 e. The summed E-state index contributed by atoms with van der Waals surface area (Å²) in [4.78, 5) is 10.4. The molecular formula is C17H16O4. The van der Waals surface area contributed by atoms with Crippen molar-refractivity contribution in [1.29, 1.82) is 0 Å². The van der Waals surface area contributed by atoms with Gasteiger partial charge in [-0.25, -0.2) is 4.79 Å². The number of carboxylic acid groups (broad SMARTS) is 1. The Hall–Kier alpha value is -2.75. The van der Waals surface area contributed by atoms with Gasteiger partial charge in [0.2, 0.25) is 0 Å². The van der Waals surface area contributed by atoms with Gasteiger partial charge in [-0.1, -0.05) is 24.3 Å². The molecule has 0 atom stereocenters. The molecule has 0 aliphatic carbocycles. The van der Waals surface area contributed by atoms with Gasteiger partial charge in [0.25, 0.3) is 0 Å². The minimum atomic E-state index is -0.957. The van der Waals surface area contributed by atoms with Crippen LogP contribution in [0.4, 0.5) is 0 Å². The third kappa shape index (κ3) is 4.69. The molecule has 0 heterocycles. The lowest BCUT2D eigenvalue weighted by molar-refractivity contribution is -0.131. The molecule has 1 N–H and O–H groups in total. The van der Waals surface area contributed by atoms with Crippen LogP contribution in [-0.4, -0.2) is 18.2 Å². The summed E-state index contributed by atoms with van der Waals surface area (Å²) in [6.45, 7) is 0.454. The predicted molar refractivity (Wildman–Crippen MR) is 80.4 cm³/mol. The smallest absolute Gasteiger partial charge is 0.328 e. The maximum Gasteiger partial charge on any atom is 0.328 e. The van der Waals surface area contributed by atoms with Crippen LogP contribution < -0.4 is 9.47 Å². The highest BCUT2D eigenvalue weighted by Gasteiger charge is 1.97. The molecule has 2 aromatic rings. The van der Waals surface area contributed by atoms with Crippen molar-refractivity contribution in [3.8, 4) is 11.5 Å². The number of rotatable bonds is 6. The summed E-state index contributed by atoms with van der Waals surface area (Å²) >= 11 is 0. The van der Waals surface area contributed by atoms with Gasteiger partial charge < -0.3 is 14.6 Å². The van der Waals surface area contributed by atoms with Gasteiger partial charge in [-0.2, -0.15) is 0 Å². The summed E-state index contributed by atoms with van der Waals surface area (Å²) in [6.07, 6.45) is 2.67. The number of benzene rings is 2. The van der Waals surface area contributed by atoms with Gasteiger partial charge in [-0.3, -0.25) is 0 Å². The number of hydrogen-bond donors (Lipinski definition) is 1. The van der Waals surface area contributed by atoms with Gasteiger partial charge in [-0.15, -0.1) is 0 Å². The molecule has 0 aliphatic rings. The molecule has 0 radical (unpaired) electrons. The van der Waals surface area contributed by atoms with E-state index in [4.69, 9.17) is 14.6 Å². The normalized spacial score (nSPS) is 10.5. The van der Waals surface area contributed by atoms with Crippen molar-refractivity contribution >= 4 is 12.0 Å². The molecule has 2 rings (SSSR count). The van der Waals surface area contributed by atoms with E-state index in [2.05, 4.69) is 0 Å². The Morgan fingerprint density at radius 2 is 1.67 bits per heavy atom. The average Bonchev–Trinajstić information content (AvgIpc) is 2.52. The Morgan fingerprint density at radius 3 is 2.24 bits per heavy atom. The number of carboxylic acids is 1. The van der Waals surface area contributed by atoms with Crippen LogP contribution in [-0.2, 0) is 11.4 Å². The van der Waals surface area contributed by atoms with E-state index in [1.54, 1.807) is 13.2 Å². The van der Waals surface area contributed by atoms with Crippen molar-refractivity contribution < 1.29 is 19.4 Å². The summed E-state index contributed by atoms with van der Waals surface area (Å²) in [7, 11) is 1.62. The van der Waals surface area contributed by atoms with Gasteiger partial charge in [0.05, 0.1) is 7.11 Å². The summed E-state index contributed by atoms with van der Waals surface area (Å²) in [5.74, 6) is 0.601. The van der Waals surface area contributed by atoms with Crippen molar-refractivity contribution in [2.75, 3.05) is 7.11 Å². The van der Waals surface area contributed by atoms with E-state index in [0.29, 0.717) is 6.61 Å². The standard InChI is InChI=1S/C17H16O4/c1-20-15-7-9-16(10-8-15)21-12-14-4-2-13(3-5-14)6-11-17(18)19/h2-11H,12H2,1H3,(H,18,19). The fourth-order valence-electron chi connectivity index (χ4n) is 1.73. The largest absolute Gasteiger partial charge is 0.497 e. The Bertz CT molecular complexity index is 612. The lowest BCUT2D eigenvalue weighted by atomic mass is 10.1. The van der Waals surface area contributed by atoms with Gasteiger partial charge in [0.15, 0.2) is 0 Å². The van der Waals surface area contributed by atoms with Gasteiger partial charge in [0.1, 0.15) is 18.1 Å². The summed E-state index contributed by atoms with van der Waals surface area (Å²) in [5, 5.41) is 8.56. The second-order valence-corrected chi connectivity index (χ2v) is 4.38. The van der Waals surface area contributed by atoms with Crippen LogP contribution in [0.25, 0.3) is 6.08 Å². The Labute approximate surface area is 123 Å². The summed E-state index contributed by atoms with van der Waals surface area (Å²) in [6, 6.07) is 14.9. The average molecular weight is 284 g/mol. The van der Waals surface area contributed by atoms with Crippen molar-refractivity contribution in [2.45, 2.75) is 6.61 Å². The van der Waals surface area contributed by atoms with Crippen LogP contribution in [0.5, 0.6) is 11.5 Å². The highest BCUT2D eigenvalue weighted by atomic mass is 16.5. The molecule has 4 heteroatoms. The van der Waals surface area contributed by atoms with E-state index in [-0.39, 0.29) is 0 Å². The topological polar surface area (TPSA) is 55.8 Å². The molecule has 108 valence electrons. The van der Waals surface area contributed by atoms with Crippen molar-refractivity contribution in [3.63, 3.8) is 0 Å². The third-order valence-electron chi connectivity index (χ3n) is 2.86. The van der Waals surface area contributed by atoms with E-state index in [0.717, 1.165) is 28.7 Å². The highest BCUT2D eigenvalue weighted by Crippen LogP contribution is 2.18. The van der Waals surface area contributed by atoms with E-state index < -0.39 is 5.97 Å². The first-order valence-corrected chi connectivity index (χ1v) is 6.44. The maximum atomic E-state index is 10.4. The van der Waals surface area contributed by atoms with Crippen molar-refractivity contribution in [3.05, 3.63) is 65.7 Å². The second-order valence-electron chi connectivity index (χ2n) is 4.38. The molecule has 21 heavy (non-hydrogen) atoms. The van der Waals surface area contributed by atoms with E-state index in [9.17, 15) is 4.79 Å². The Balaban J connectivity index is 1.92. The molecule has 0 saturated heterocycles. The zero-order valence-corrected chi connectivity index (χ0v) is 11.7. The predicted octanol–water partition coefficient (Wildman–Crippen LogP) is 3.37. The van der Waals surface area contributed by atoms with Gasteiger partial charge >= 0.3 is 5.97 Å². The first-order valence-electron chi connectivity index (χ1n) is 6.44. The van der Waals surface area contributed by atoms with Gasteiger partial charge in [-0.05, 0) is 41.5 Å². The molecule has 0 fully saturated rings. The van der Waals surface area contributed by atoms with Crippen molar-refractivity contribution in [1.82, 2.24) is 0 Å². The first kappa shape index (κ1) is 14.7. The van der Waals surface area contributed by atoms with Crippen LogP contribution in [0.15, 0.2) is 54.6 Å². The van der Waals surface area contributed by atoms with Crippen molar-refractivity contribution in [2.24, 2.45) is 0 Å². The quantitative estimate of drug-likeness (QED) is 0.826. The SMILES string of the molecule is COc1ccc(OCc2ccc(C=CC(=O)O)cc2)cc1. The minimum absolute atomic E-state index is 0.454. The van der Waals surface area contributed by atoms with E-state index >= 15 is 0 Å². The van der Waals surface area contributed by atoms with Crippen LogP contribution in [0.2, 0.25) is 0 Å². The molecular weight excluding hydrogens is 268 g/mol. The summed E-state index contributed by atoms with van der Waals surface area (Å²) in [5.41, 5.74) is 1.85. The van der Waals surface area contributed by atoms with Crippen LogP contribution in [0.1, 0.15) is 11.1 Å². The molecule has 0 spiro atoms. The summed E-state index contributed by atoms with van der Waals surface area (Å²) < 4.78 is 10.7. The third-order valence-corrected chi connectivity index (χ3v) is 2.86. The highest BCUT2D eigenvalue weighted by molar-refractivity contribution is 5.85. The van der Waals surface area contributed by atoms with Gasteiger partial charge in [0, 0.05) is 6.08 Å². The molecule has 0 saturated carbocycles. The van der Waals surface area contributed by atoms with E-state index in [1.807, 2.05) is 48.5 Å². The lowest BCUT2D eigenvalue weighted by Gasteiger charge is -2.07. The maximum absolute atomic E-state index is 10.4. The molecule has 0 aromatic heterocycles. The first-order chi connectivity index (χ1) is 10.2. The zero-order valence-electron chi connectivity index (χ0n) is 11.7. The fourth-order valence-corrected chi connectivity index (χ4v) is 1.73. The van der Waals surface area contributed by atoms with E-state index in [1.165, 1.54) is 0 Å². The fraction of sp³-hybridized carbons (Fsp3) is 0.118. The number of methoxy groups -OCH3 is 1. The molecule has 4 nitrogen and oxygen atoms in total. The molecule has 0 aliphatic heterocycles. The molecule has 0 amide bonds. The van der Waals surface area contributed by atoms with Crippen LogP contribution >= 0.6 is 0 Å². The second kappa shape index (κ2) is 7.14. The van der Waals surface area contributed by atoms with Crippen LogP contribution in [0.3, 0.4) is 0 Å². The number of aliphatic carboxylic acids is 1. The Kier molecular flexibility index (Phi) is 4.99.